The third-order valence-corrected chi connectivity index (χ3v) is 3.54. The number of carbonyl (C=O) groups is 2. The van der Waals surface area contributed by atoms with Crippen molar-refractivity contribution in [3.8, 4) is 0 Å². The molecule has 1 N–H and O–H groups in total. The SMILES string of the molecule is Cc1ccccc1NC(=O)[C@@H](C)OC(=O)CCc1ccccc1. The molecule has 0 aliphatic heterocycles. The largest absolute Gasteiger partial charge is 0.453 e. The number of benzene rings is 2. The molecule has 0 fully saturated rings. The third-order valence-electron chi connectivity index (χ3n) is 3.54. The number of anilines is 1. The lowest BCUT2D eigenvalue weighted by atomic mass is 10.1. The maximum atomic E-state index is 12.1. The van der Waals surface area contributed by atoms with Gasteiger partial charge in [0.05, 0.1) is 0 Å². The van der Waals surface area contributed by atoms with Gasteiger partial charge in [-0.1, -0.05) is 48.5 Å². The topological polar surface area (TPSA) is 55.4 Å². The van der Waals surface area contributed by atoms with Crippen LogP contribution >= 0.6 is 0 Å². The molecule has 0 heterocycles. The second-order valence-electron chi connectivity index (χ2n) is 5.42. The van der Waals surface area contributed by atoms with Gasteiger partial charge in [0.2, 0.25) is 0 Å². The molecule has 0 aliphatic carbocycles. The van der Waals surface area contributed by atoms with Crippen LogP contribution in [0.25, 0.3) is 0 Å². The van der Waals surface area contributed by atoms with Crippen molar-refractivity contribution >= 4 is 17.6 Å². The van der Waals surface area contributed by atoms with Crippen molar-refractivity contribution in [2.24, 2.45) is 0 Å². The Hall–Kier alpha value is -2.62. The number of hydrogen-bond donors (Lipinski definition) is 1. The molecule has 2 aromatic rings. The van der Waals surface area contributed by atoms with Crippen molar-refractivity contribution < 1.29 is 14.3 Å². The summed E-state index contributed by atoms with van der Waals surface area (Å²) in [6.45, 7) is 3.49. The van der Waals surface area contributed by atoms with Gasteiger partial charge in [-0.15, -0.1) is 0 Å². The minimum absolute atomic E-state index is 0.256. The molecule has 0 aliphatic rings. The summed E-state index contributed by atoms with van der Waals surface area (Å²) in [5.74, 6) is -0.700. The van der Waals surface area contributed by atoms with E-state index in [-0.39, 0.29) is 18.3 Å². The smallest absolute Gasteiger partial charge is 0.306 e. The number of amides is 1. The zero-order valence-corrected chi connectivity index (χ0v) is 13.4. The number of rotatable bonds is 6. The molecule has 0 saturated heterocycles. The van der Waals surface area contributed by atoms with Gasteiger partial charge in [0.25, 0.3) is 5.91 Å². The summed E-state index contributed by atoms with van der Waals surface area (Å²) < 4.78 is 5.19. The maximum Gasteiger partial charge on any atom is 0.306 e. The fourth-order valence-electron chi connectivity index (χ4n) is 2.15. The van der Waals surface area contributed by atoms with Crippen LogP contribution in [0.2, 0.25) is 0 Å². The van der Waals surface area contributed by atoms with E-state index >= 15 is 0 Å². The molecular weight excluding hydrogens is 290 g/mol. The molecule has 0 unspecified atom stereocenters. The Bertz CT molecular complexity index is 667. The molecule has 4 heteroatoms. The molecular formula is C19H21NO3. The van der Waals surface area contributed by atoms with Crippen molar-refractivity contribution in [2.75, 3.05) is 5.32 Å². The van der Waals surface area contributed by atoms with Gasteiger partial charge in [-0.3, -0.25) is 9.59 Å². The fourth-order valence-corrected chi connectivity index (χ4v) is 2.15. The van der Waals surface area contributed by atoms with Crippen LogP contribution in [0.4, 0.5) is 5.69 Å². The van der Waals surface area contributed by atoms with Gasteiger partial charge in [-0.2, -0.15) is 0 Å². The van der Waals surface area contributed by atoms with Gasteiger partial charge in [-0.05, 0) is 37.5 Å². The summed E-state index contributed by atoms with van der Waals surface area (Å²) in [4.78, 5) is 23.9. The lowest BCUT2D eigenvalue weighted by Gasteiger charge is -2.14. The van der Waals surface area contributed by atoms with Crippen molar-refractivity contribution in [1.82, 2.24) is 0 Å². The van der Waals surface area contributed by atoms with Gasteiger partial charge in [0.1, 0.15) is 0 Å². The molecule has 0 radical (unpaired) electrons. The highest BCUT2D eigenvalue weighted by atomic mass is 16.5. The van der Waals surface area contributed by atoms with E-state index in [2.05, 4.69) is 5.32 Å². The zero-order valence-electron chi connectivity index (χ0n) is 13.4. The standard InChI is InChI=1S/C19H21NO3/c1-14-8-6-7-11-17(14)20-19(22)15(2)23-18(21)13-12-16-9-4-3-5-10-16/h3-11,15H,12-13H2,1-2H3,(H,20,22)/t15-/m1/s1. The van der Waals surface area contributed by atoms with E-state index < -0.39 is 6.10 Å². The Kier molecular flexibility index (Phi) is 5.92. The lowest BCUT2D eigenvalue weighted by Crippen LogP contribution is -2.30. The average molecular weight is 311 g/mol. The minimum Gasteiger partial charge on any atom is -0.453 e. The van der Waals surface area contributed by atoms with Crippen LogP contribution in [0.5, 0.6) is 0 Å². The predicted molar refractivity (Wildman–Crippen MR) is 90.1 cm³/mol. The highest BCUT2D eigenvalue weighted by Crippen LogP contribution is 2.14. The average Bonchev–Trinajstić information content (AvgIpc) is 2.56. The summed E-state index contributed by atoms with van der Waals surface area (Å²) in [6.07, 6.45) is 0.0375. The van der Waals surface area contributed by atoms with E-state index in [9.17, 15) is 9.59 Å². The Morgan fingerprint density at radius 3 is 2.39 bits per heavy atom. The van der Waals surface area contributed by atoms with E-state index in [0.29, 0.717) is 6.42 Å². The first-order valence-electron chi connectivity index (χ1n) is 7.66. The van der Waals surface area contributed by atoms with Gasteiger partial charge < -0.3 is 10.1 Å². The van der Waals surface area contributed by atoms with E-state index in [0.717, 1.165) is 16.8 Å². The van der Waals surface area contributed by atoms with Crippen molar-refractivity contribution in [3.05, 3.63) is 65.7 Å². The van der Waals surface area contributed by atoms with Crippen LogP contribution < -0.4 is 5.32 Å². The van der Waals surface area contributed by atoms with Gasteiger partial charge >= 0.3 is 5.97 Å². The summed E-state index contributed by atoms with van der Waals surface area (Å²) in [5, 5.41) is 2.77. The van der Waals surface area contributed by atoms with Crippen molar-refractivity contribution in [1.29, 1.82) is 0 Å². The molecule has 1 amide bonds. The first-order valence-corrected chi connectivity index (χ1v) is 7.66. The maximum absolute atomic E-state index is 12.1. The molecule has 0 aromatic heterocycles. The number of para-hydroxylation sites is 1. The molecule has 0 saturated carbocycles. The molecule has 1 atom stereocenters. The highest BCUT2D eigenvalue weighted by molar-refractivity contribution is 5.95. The molecule has 0 spiro atoms. The zero-order chi connectivity index (χ0) is 16.7. The first-order chi connectivity index (χ1) is 11.1. The minimum atomic E-state index is -0.821. The number of carbonyl (C=O) groups excluding carboxylic acids is 2. The Balaban J connectivity index is 1.81. The van der Waals surface area contributed by atoms with E-state index in [1.54, 1.807) is 6.92 Å². The molecule has 120 valence electrons. The van der Waals surface area contributed by atoms with E-state index in [4.69, 9.17) is 4.74 Å². The summed E-state index contributed by atoms with van der Waals surface area (Å²) in [5.41, 5.74) is 2.76. The van der Waals surface area contributed by atoms with E-state index in [1.807, 2.05) is 61.5 Å². The normalized spacial score (nSPS) is 11.6. The van der Waals surface area contributed by atoms with Gasteiger partial charge in [0, 0.05) is 12.1 Å². The van der Waals surface area contributed by atoms with Crippen molar-refractivity contribution in [2.45, 2.75) is 32.8 Å². The van der Waals surface area contributed by atoms with Crippen LogP contribution in [0.3, 0.4) is 0 Å². The summed E-state index contributed by atoms with van der Waals surface area (Å²) >= 11 is 0. The number of esters is 1. The van der Waals surface area contributed by atoms with Crippen LogP contribution in [0.15, 0.2) is 54.6 Å². The quantitative estimate of drug-likeness (QED) is 0.831. The lowest BCUT2D eigenvalue weighted by molar-refractivity contribution is -0.153. The highest BCUT2D eigenvalue weighted by Gasteiger charge is 2.18. The fraction of sp³-hybridized carbons (Fsp3) is 0.263. The molecule has 0 bridgehead atoms. The van der Waals surface area contributed by atoms with Crippen LogP contribution in [0, 0.1) is 6.92 Å². The third kappa shape index (κ3) is 5.25. The summed E-state index contributed by atoms with van der Waals surface area (Å²) in [7, 11) is 0. The molecule has 4 nitrogen and oxygen atoms in total. The summed E-state index contributed by atoms with van der Waals surface area (Å²) in [6, 6.07) is 17.2. The number of nitrogens with one attached hydrogen (secondary N) is 1. The van der Waals surface area contributed by atoms with Crippen LogP contribution in [0.1, 0.15) is 24.5 Å². The Morgan fingerprint density at radius 2 is 1.70 bits per heavy atom. The van der Waals surface area contributed by atoms with Crippen molar-refractivity contribution in [3.63, 3.8) is 0 Å². The number of ether oxygens (including phenoxy) is 1. The second kappa shape index (κ2) is 8.13. The van der Waals surface area contributed by atoms with Crippen LogP contribution in [-0.4, -0.2) is 18.0 Å². The second-order valence-corrected chi connectivity index (χ2v) is 5.42. The van der Waals surface area contributed by atoms with E-state index in [1.165, 1.54) is 0 Å². The molecule has 23 heavy (non-hydrogen) atoms. The monoisotopic (exact) mass is 311 g/mol. The number of hydrogen-bond acceptors (Lipinski definition) is 3. The Labute approximate surface area is 136 Å². The molecule has 2 aromatic carbocycles. The van der Waals surface area contributed by atoms with Gasteiger partial charge in [0.15, 0.2) is 6.10 Å². The Morgan fingerprint density at radius 1 is 1.04 bits per heavy atom. The van der Waals surface area contributed by atoms with Crippen LogP contribution in [-0.2, 0) is 20.7 Å². The predicted octanol–water partition coefficient (Wildman–Crippen LogP) is 3.50. The van der Waals surface area contributed by atoms with Gasteiger partial charge in [-0.25, -0.2) is 0 Å². The number of aryl methyl sites for hydroxylation is 2. The first kappa shape index (κ1) is 16.7. The molecule has 2 rings (SSSR count).